The largest absolute Gasteiger partial charge is 0.497 e. The van der Waals surface area contributed by atoms with E-state index in [0.29, 0.717) is 17.9 Å². The highest BCUT2D eigenvalue weighted by Crippen LogP contribution is 2.22. The summed E-state index contributed by atoms with van der Waals surface area (Å²) in [7, 11) is 1.60. The van der Waals surface area contributed by atoms with Crippen LogP contribution in [0.2, 0.25) is 0 Å². The van der Waals surface area contributed by atoms with Crippen LogP contribution in [0, 0.1) is 5.82 Å². The third-order valence-electron chi connectivity index (χ3n) is 4.53. The highest BCUT2D eigenvalue weighted by molar-refractivity contribution is 5.97. The first kappa shape index (κ1) is 18.5. The third-order valence-corrected chi connectivity index (χ3v) is 4.53. The Labute approximate surface area is 167 Å². The molecule has 146 valence electrons. The van der Waals surface area contributed by atoms with Crippen LogP contribution in [0.5, 0.6) is 5.75 Å². The molecule has 0 aliphatic rings. The summed E-state index contributed by atoms with van der Waals surface area (Å²) in [4.78, 5) is 12.9. The average molecular weight is 390 g/mol. The van der Waals surface area contributed by atoms with Gasteiger partial charge < -0.3 is 14.6 Å². The number of hydrogen-bond donors (Lipinski definition) is 1. The second-order valence-electron chi connectivity index (χ2n) is 6.37. The Bertz CT molecular complexity index is 1120. The quantitative estimate of drug-likeness (QED) is 0.546. The van der Waals surface area contributed by atoms with E-state index in [0.717, 1.165) is 11.3 Å². The number of para-hydroxylation sites is 1. The van der Waals surface area contributed by atoms with Gasteiger partial charge in [-0.05, 0) is 42.0 Å². The summed E-state index contributed by atoms with van der Waals surface area (Å²) in [6, 6.07) is 17.4. The molecular formula is C22H19FN4O2. The van der Waals surface area contributed by atoms with Crippen LogP contribution in [0.15, 0.2) is 79.3 Å². The molecule has 0 aliphatic carbocycles. The van der Waals surface area contributed by atoms with E-state index in [1.807, 2.05) is 36.4 Å². The fraction of sp³-hybridized carbons (Fsp3) is 0.0909. The van der Waals surface area contributed by atoms with Gasteiger partial charge in [-0.2, -0.15) is 5.10 Å². The number of benzene rings is 2. The van der Waals surface area contributed by atoms with Gasteiger partial charge >= 0.3 is 0 Å². The van der Waals surface area contributed by atoms with Gasteiger partial charge in [0.15, 0.2) is 5.82 Å². The number of amides is 1. The molecular weight excluding hydrogens is 371 g/mol. The van der Waals surface area contributed by atoms with Crippen molar-refractivity contribution in [1.82, 2.24) is 19.7 Å². The van der Waals surface area contributed by atoms with E-state index < -0.39 is 5.82 Å². The first-order chi connectivity index (χ1) is 14.2. The molecule has 6 nitrogen and oxygen atoms in total. The van der Waals surface area contributed by atoms with Gasteiger partial charge in [-0.25, -0.2) is 9.07 Å². The van der Waals surface area contributed by atoms with Crippen LogP contribution in [-0.4, -0.2) is 27.4 Å². The van der Waals surface area contributed by atoms with Crippen LogP contribution in [0.1, 0.15) is 15.9 Å². The molecule has 7 heteroatoms. The molecule has 0 spiro atoms. The summed E-state index contributed by atoms with van der Waals surface area (Å²) in [6.07, 6.45) is 5.02. The summed E-state index contributed by atoms with van der Waals surface area (Å²) < 4.78 is 22.7. The molecule has 2 heterocycles. The third kappa shape index (κ3) is 3.75. The maximum Gasteiger partial charge on any atom is 0.256 e. The van der Waals surface area contributed by atoms with Gasteiger partial charge in [-0.1, -0.05) is 24.3 Å². The number of rotatable bonds is 6. The Morgan fingerprint density at radius 1 is 1.07 bits per heavy atom. The number of methoxy groups -OCH3 is 1. The van der Waals surface area contributed by atoms with Crippen LogP contribution < -0.4 is 10.1 Å². The molecule has 0 saturated carbocycles. The number of nitrogens with one attached hydrogen (secondary N) is 1. The predicted octanol–water partition coefficient (Wildman–Crippen LogP) is 3.74. The molecule has 0 fully saturated rings. The molecule has 0 radical (unpaired) electrons. The Balaban J connectivity index is 1.64. The van der Waals surface area contributed by atoms with Crippen LogP contribution in [0.4, 0.5) is 4.39 Å². The van der Waals surface area contributed by atoms with E-state index in [4.69, 9.17) is 4.74 Å². The van der Waals surface area contributed by atoms with Crippen molar-refractivity contribution in [3.8, 4) is 17.3 Å². The van der Waals surface area contributed by atoms with Gasteiger partial charge in [0, 0.05) is 18.9 Å². The number of halogens is 1. The lowest BCUT2D eigenvalue weighted by Gasteiger charge is -2.12. The van der Waals surface area contributed by atoms with Crippen molar-refractivity contribution >= 4 is 5.91 Å². The zero-order chi connectivity index (χ0) is 20.2. The highest BCUT2D eigenvalue weighted by atomic mass is 19.1. The van der Waals surface area contributed by atoms with E-state index in [1.54, 1.807) is 42.3 Å². The zero-order valence-corrected chi connectivity index (χ0v) is 15.7. The van der Waals surface area contributed by atoms with E-state index in [2.05, 4.69) is 10.4 Å². The molecule has 4 aromatic rings. The van der Waals surface area contributed by atoms with Crippen molar-refractivity contribution in [2.24, 2.45) is 0 Å². The minimum absolute atomic E-state index is 0.269. The lowest BCUT2D eigenvalue weighted by molar-refractivity contribution is 0.0951. The van der Waals surface area contributed by atoms with Crippen molar-refractivity contribution in [3.05, 3.63) is 96.2 Å². The SMILES string of the molecule is COc1ccc(CNC(=O)c2cnn(-c3ccccc3F)c2-n2cccc2)cc1. The number of carbonyl (C=O) groups is 1. The molecule has 2 aromatic carbocycles. The van der Waals surface area contributed by atoms with Crippen molar-refractivity contribution in [2.75, 3.05) is 7.11 Å². The molecule has 4 rings (SSSR count). The summed E-state index contributed by atoms with van der Waals surface area (Å²) in [5, 5.41) is 7.17. The number of nitrogens with zero attached hydrogens (tertiary/aromatic N) is 3. The number of hydrogen-bond acceptors (Lipinski definition) is 3. The smallest absolute Gasteiger partial charge is 0.256 e. The molecule has 29 heavy (non-hydrogen) atoms. The molecule has 1 N–H and O–H groups in total. The second kappa shape index (κ2) is 8.02. The average Bonchev–Trinajstić information content (AvgIpc) is 3.42. The molecule has 0 bridgehead atoms. The van der Waals surface area contributed by atoms with Gasteiger partial charge in [-0.3, -0.25) is 4.79 Å². The molecule has 2 aromatic heterocycles. The van der Waals surface area contributed by atoms with Crippen LogP contribution >= 0.6 is 0 Å². The van der Waals surface area contributed by atoms with Gasteiger partial charge in [0.25, 0.3) is 5.91 Å². The maximum atomic E-state index is 14.4. The van der Waals surface area contributed by atoms with E-state index >= 15 is 0 Å². The summed E-state index contributed by atoms with van der Waals surface area (Å²) in [5.74, 6) is 0.495. The molecule has 1 amide bonds. The Morgan fingerprint density at radius 3 is 2.48 bits per heavy atom. The van der Waals surface area contributed by atoms with Crippen LogP contribution in [-0.2, 0) is 6.54 Å². The molecule has 0 atom stereocenters. The van der Waals surface area contributed by atoms with Crippen LogP contribution in [0.25, 0.3) is 11.5 Å². The summed E-state index contributed by atoms with van der Waals surface area (Å²) >= 11 is 0. The normalized spacial score (nSPS) is 10.7. The monoisotopic (exact) mass is 390 g/mol. The summed E-state index contributed by atoms with van der Waals surface area (Å²) in [5.41, 5.74) is 1.55. The van der Waals surface area contributed by atoms with E-state index in [1.165, 1.54) is 16.9 Å². The fourth-order valence-electron chi connectivity index (χ4n) is 3.05. The molecule has 0 aliphatic heterocycles. The topological polar surface area (TPSA) is 61.1 Å². The Kier molecular flexibility index (Phi) is 5.11. The number of aromatic nitrogens is 3. The molecule has 0 saturated heterocycles. The van der Waals surface area contributed by atoms with Gasteiger partial charge in [0.05, 0.1) is 13.3 Å². The van der Waals surface area contributed by atoms with E-state index in [9.17, 15) is 9.18 Å². The van der Waals surface area contributed by atoms with Crippen molar-refractivity contribution < 1.29 is 13.9 Å². The van der Waals surface area contributed by atoms with Crippen molar-refractivity contribution in [2.45, 2.75) is 6.54 Å². The van der Waals surface area contributed by atoms with Crippen molar-refractivity contribution in [3.63, 3.8) is 0 Å². The highest BCUT2D eigenvalue weighted by Gasteiger charge is 2.21. The summed E-state index contributed by atoms with van der Waals surface area (Å²) in [6.45, 7) is 0.346. The maximum absolute atomic E-state index is 14.4. The standard InChI is InChI=1S/C22H19FN4O2/c1-29-17-10-8-16(9-11-17)14-24-21(28)18-15-25-27(20-7-3-2-6-19(20)23)22(18)26-12-4-5-13-26/h2-13,15H,14H2,1H3,(H,24,28). The van der Waals surface area contributed by atoms with E-state index in [-0.39, 0.29) is 11.6 Å². The van der Waals surface area contributed by atoms with Gasteiger partial charge in [0.2, 0.25) is 0 Å². The number of ether oxygens (including phenoxy) is 1. The lowest BCUT2D eigenvalue weighted by atomic mass is 10.2. The predicted molar refractivity (Wildman–Crippen MR) is 107 cm³/mol. The van der Waals surface area contributed by atoms with Gasteiger partial charge in [-0.15, -0.1) is 0 Å². The zero-order valence-electron chi connectivity index (χ0n) is 15.7. The first-order valence-corrected chi connectivity index (χ1v) is 9.05. The minimum Gasteiger partial charge on any atom is -0.497 e. The lowest BCUT2D eigenvalue weighted by Crippen LogP contribution is -2.24. The first-order valence-electron chi connectivity index (χ1n) is 9.05. The van der Waals surface area contributed by atoms with Gasteiger partial charge in [0.1, 0.15) is 22.8 Å². The molecule has 0 unspecified atom stereocenters. The Morgan fingerprint density at radius 2 is 1.79 bits per heavy atom. The number of carbonyl (C=O) groups excluding carboxylic acids is 1. The Hall–Kier alpha value is -3.87. The van der Waals surface area contributed by atoms with Crippen molar-refractivity contribution in [1.29, 1.82) is 0 Å². The second-order valence-corrected chi connectivity index (χ2v) is 6.37. The fourth-order valence-corrected chi connectivity index (χ4v) is 3.05. The van der Waals surface area contributed by atoms with Crippen LogP contribution in [0.3, 0.4) is 0 Å². The minimum atomic E-state index is -0.422.